The fourth-order valence-corrected chi connectivity index (χ4v) is 8.35. The molecule has 0 bridgehead atoms. The number of carbonyl (C=O) groups excluding carboxylic acids is 1. The van der Waals surface area contributed by atoms with Crippen LogP contribution in [0.25, 0.3) is 0 Å². The van der Waals surface area contributed by atoms with Gasteiger partial charge < -0.3 is 52.5 Å². The predicted octanol–water partition coefficient (Wildman–Crippen LogP) is 8.52. The zero-order valence-electron chi connectivity index (χ0n) is 38.2. The van der Waals surface area contributed by atoms with Crippen LogP contribution in [0, 0.1) is 0 Å². The lowest BCUT2D eigenvalue weighted by molar-refractivity contribution is -0.371. The molecular formula is C56H60O12. The molecule has 12 nitrogen and oxygen atoms in total. The number of ether oxygens (including phenoxy) is 10. The third-order valence-electron chi connectivity index (χ3n) is 11.7. The average Bonchev–Trinajstić information content (AvgIpc) is 3.37. The van der Waals surface area contributed by atoms with Crippen LogP contribution in [0.4, 0.5) is 0 Å². The van der Waals surface area contributed by atoms with Crippen molar-refractivity contribution in [3.05, 3.63) is 215 Å². The molecule has 2 saturated heterocycles. The summed E-state index contributed by atoms with van der Waals surface area (Å²) in [4.78, 5) is 12.7. The van der Waals surface area contributed by atoms with E-state index in [-0.39, 0.29) is 46.2 Å². The van der Waals surface area contributed by atoms with E-state index in [2.05, 4.69) is 0 Å². The topological polar surface area (TPSA) is 130 Å². The summed E-state index contributed by atoms with van der Waals surface area (Å²) in [6.07, 6.45) is -10.4. The van der Waals surface area contributed by atoms with Crippen molar-refractivity contribution >= 4 is 5.97 Å². The lowest BCUT2D eigenvalue weighted by Gasteiger charge is -2.49. The van der Waals surface area contributed by atoms with Gasteiger partial charge in [-0.3, -0.25) is 4.79 Å². The summed E-state index contributed by atoms with van der Waals surface area (Å²) in [5.41, 5.74) is 5.61. The van der Waals surface area contributed by atoms with Crippen LogP contribution in [0.2, 0.25) is 0 Å². The Morgan fingerprint density at radius 2 is 0.735 bits per heavy atom. The minimum atomic E-state index is -1.58. The Morgan fingerprint density at radius 3 is 1.12 bits per heavy atom. The first-order chi connectivity index (χ1) is 33.5. The number of carbonyl (C=O) groups is 1. The Hall–Kier alpha value is -5.61. The van der Waals surface area contributed by atoms with Crippen LogP contribution >= 0.6 is 0 Å². The predicted molar refractivity (Wildman–Crippen MR) is 252 cm³/mol. The summed E-state index contributed by atoms with van der Waals surface area (Å²) in [6.45, 7) is 2.65. The molecule has 0 aromatic heterocycles. The maximum atomic E-state index is 12.7. The Morgan fingerprint density at radius 1 is 0.412 bits per heavy atom. The summed E-state index contributed by atoms with van der Waals surface area (Å²) in [5.74, 6) is -0.634. The van der Waals surface area contributed by atoms with E-state index in [9.17, 15) is 9.90 Å². The Balaban J connectivity index is 1.18. The Kier molecular flexibility index (Phi) is 18.4. The number of benzene rings is 6. The highest BCUT2D eigenvalue weighted by atomic mass is 16.8. The smallest absolute Gasteiger partial charge is 0.303 e. The lowest BCUT2D eigenvalue weighted by Crippen LogP contribution is -2.66. The second-order valence-electron chi connectivity index (χ2n) is 16.8. The highest BCUT2D eigenvalue weighted by molar-refractivity contribution is 5.66. The molecule has 356 valence electrons. The first-order valence-electron chi connectivity index (χ1n) is 23.1. The van der Waals surface area contributed by atoms with E-state index in [0.717, 1.165) is 33.4 Å². The second-order valence-corrected chi connectivity index (χ2v) is 16.8. The Labute approximate surface area is 398 Å². The van der Waals surface area contributed by atoms with Crippen LogP contribution < -0.4 is 0 Å². The van der Waals surface area contributed by atoms with Crippen molar-refractivity contribution in [3.63, 3.8) is 0 Å². The van der Waals surface area contributed by atoms with Gasteiger partial charge in [-0.2, -0.15) is 0 Å². The van der Waals surface area contributed by atoms with Crippen molar-refractivity contribution in [2.75, 3.05) is 13.2 Å². The van der Waals surface area contributed by atoms with Gasteiger partial charge >= 0.3 is 5.97 Å². The summed E-state index contributed by atoms with van der Waals surface area (Å²) in [5, 5.41) is 11.6. The third-order valence-corrected chi connectivity index (χ3v) is 11.7. The van der Waals surface area contributed by atoms with Gasteiger partial charge in [0, 0.05) is 6.92 Å². The summed E-state index contributed by atoms with van der Waals surface area (Å²) in [7, 11) is 0. The first kappa shape index (κ1) is 48.8. The molecule has 6 aromatic rings. The van der Waals surface area contributed by atoms with Gasteiger partial charge in [-0.15, -0.1) is 0 Å². The number of aliphatic hydroxyl groups is 1. The number of esters is 1. The Bertz CT molecular complexity index is 2330. The van der Waals surface area contributed by atoms with Gasteiger partial charge in [-0.1, -0.05) is 182 Å². The molecule has 2 heterocycles. The molecule has 0 radical (unpaired) electrons. The molecule has 2 aliphatic heterocycles. The van der Waals surface area contributed by atoms with Gasteiger partial charge in [0.25, 0.3) is 0 Å². The monoisotopic (exact) mass is 924 g/mol. The average molecular weight is 925 g/mol. The van der Waals surface area contributed by atoms with Gasteiger partial charge in [0.2, 0.25) is 0 Å². The van der Waals surface area contributed by atoms with Crippen LogP contribution in [0.1, 0.15) is 40.3 Å². The third kappa shape index (κ3) is 14.2. The van der Waals surface area contributed by atoms with E-state index in [1.165, 1.54) is 6.92 Å². The van der Waals surface area contributed by atoms with Crippen LogP contribution in [-0.2, 0) is 91.8 Å². The number of hydrogen-bond donors (Lipinski definition) is 1. The lowest BCUT2D eigenvalue weighted by atomic mass is 9.95. The molecule has 0 aliphatic carbocycles. The minimum Gasteiger partial charge on any atom is -0.454 e. The normalized spacial score (nSPS) is 24.9. The van der Waals surface area contributed by atoms with E-state index in [4.69, 9.17) is 47.4 Å². The quantitative estimate of drug-likeness (QED) is 0.0619. The van der Waals surface area contributed by atoms with E-state index in [0.29, 0.717) is 6.61 Å². The van der Waals surface area contributed by atoms with Gasteiger partial charge in [0.05, 0.1) is 52.9 Å². The van der Waals surface area contributed by atoms with Crippen molar-refractivity contribution in [1.29, 1.82) is 0 Å². The highest BCUT2D eigenvalue weighted by Gasteiger charge is 2.54. The molecule has 1 N–H and O–H groups in total. The van der Waals surface area contributed by atoms with Crippen LogP contribution in [0.3, 0.4) is 0 Å². The maximum absolute atomic E-state index is 12.7. The fourth-order valence-electron chi connectivity index (χ4n) is 8.35. The van der Waals surface area contributed by atoms with E-state index in [1.807, 2.05) is 182 Å². The van der Waals surface area contributed by atoms with E-state index in [1.54, 1.807) is 0 Å². The van der Waals surface area contributed by atoms with Crippen LogP contribution in [-0.4, -0.2) is 85.7 Å². The van der Waals surface area contributed by atoms with E-state index >= 15 is 0 Å². The zero-order chi connectivity index (χ0) is 46.8. The van der Waals surface area contributed by atoms with Crippen LogP contribution in [0.5, 0.6) is 0 Å². The van der Waals surface area contributed by atoms with Crippen molar-refractivity contribution in [2.24, 2.45) is 0 Å². The largest absolute Gasteiger partial charge is 0.454 e. The SMILES string of the molecule is CC(=O)O[C@@H]1[C@@H](OCc2ccccc2)[C@H](O[C@@H]2O[C@H](COCc3ccccc3)[C@H](OCc3ccccc3)[C@H](OCc3ccccc3)[C@H]2OCc2ccccc2)[C@@H](COCc2ccccc2)O[C@H]1O. The fraction of sp³-hybridized carbons (Fsp3) is 0.339. The van der Waals surface area contributed by atoms with Crippen molar-refractivity contribution in [2.45, 2.75) is 108 Å². The van der Waals surface area contributed by atoms with Gasteiger partial charge in [-0.25, -0.2) is 0 Å². The molecular weight excluding hydrogens is 865 g/mol. The zero-order valence-corrected chi connectivity index (χ0v) is 38.2. The number of rotatable bonds is 23. The van der Waals surface area contributed by atoms with Gasteiger partial charge in [0.15, 0.2) is 18.7 Å². The molecule has 0 unspecified atom stereocenters. The van der Waals surface area contributed by atoms with Crippen molar-refractivity contribution < 1.29 is 57.3 Å². The summed E-state index contributed by atoms with van der Waals surface area (Å²) >= 11 is 0. The molecule has 0 amide bonds. The summed E-state index contributed by atoms with van der Waals surface area (Å²) in [6, 6.07) is 58.9. The van der Waals surface area contributed by atoms with E-state index < -0.39 is 67.4 Å². The van der Waals surface area contributed by atoms with Gasteiger partial charge in [-0.05, 0) is 33.4 Å². The molecule has 0 saturated carbocycles. The molecule has 6 aromatic carbocycles. The van der Waals surface area contributed by atoms with Crippen molar-refractivity contribution in [3.8, 4) is 0 Å². The number of hydrogen-bond acceptors (Lipinski definition) is 12. The standard InChI is InChI=1S/C56H60O12/c1-40(57)65-53-52(63-36-45-28-16-6-17-29-45)50(48(66-55(53)58)39-60-33-42-22-10-3-11-23-42)68-56-54(64-37-46-30-18-7-19-31-46)51(62-35-44-26-14-5-15-27-44)49(61-34-43-24-12-4-13-25-43)47(67-56)38-59-32-41-20-8-2-9-21-41/h2-31,47-56,58H,32-39H2,1H3/t47-,48-,49+,50-,51+,52+,53-,54-,55-,56+/m1/s1. The first-order valence-corrected chi connectivity index (χ1v) is 23.1. The molecule has 10 atom stereocenters. The highest BCUT2D eigenvalue weighted by Crippen LogP contribution is 2.36. The van der Waals surface area contributed by atoms with Gasteiger partial charge in [0.1, 0.15) is 42.7 Å². The molecule has 12 heteroatoms. The molecule has 68 heavy (non-hydrogen) atoms. The molecule has 0 spiro atoms. The minimum absolute atomic E-state index is 0.0305. The van der Waals surface area contributed by atoms with Crippen LogP contribution in [0.15, 0.2) is 182 Å². The molecule has 8 rings (SSSR count). The number of aliphatic hydroxyl groups excluding tert-OH is 1. The molecule has 2 aliphatic rings. The molecule has 2 fully saturated rings. The second kappa shape index (κ2) is 25.7. The summed E-state index contributed by atoms with van der Waals surface area (Å²) < 4.78 is 66.6. The maximum Gasteiger partial charge on any atom is 0.303 e. The van der Waals surface area contributed by atoms with Crippen molar-refractivity contribution in [1.82, 2.24) is 0 Å².